The summed E-state index contributed by atoms with van der Waals surface area (Å²) in [5, 5.41) is 3.92. The molecule has 1 aromatic carbocycles. The second-order valence-corrected chi connectivity index (χ2v) is 5.44. The normalized spacial score (nSPS) is 12.5. The monoisotopic (exact) mass is 240 g/mol. The standard InChI is InChI=1S/C12H17NS2/c1-4-9(2)12(15-13)14-11-8-6-5-7-10(11)3/h5-8H,4,13H2,1-3H3/p+1. The molecule has 15 heavy (non-hydrogen) atoms. The average molecular weight is 240 g/mol. The van der Waals surface area contributed by atoms with Crippen molar-refractivity contribution < 1.29 is 5.14 Å². The first-order chi connectivity index (χ1) is 7.19. The van der Waals surface area contributed by atoms with Crippen LogP contribution in [0.3, 0.4) is 0 Å². The van der Waals surface area contributed by atoms with Gasteiger partial charge in [-0.3, -0.25) is 5.14 Å². The summed E-state index contributed by atoms with van der Waals surface area (Å²) in [6.45, 7) is 6.51. The largest absolute Gasteiger partial charge is 0.291 e. The van der Waals surface area contributed by atoms with Crippen LogP contribution in [-0.4, -0.2) is 0 Å². The van der Waals surface area contributed by atoms with E-state index in [0.717, 1.165) is 6.42 Å². The third-order valence-electron chi connectivity index (χ3n) is 2.31. The molecule has 0 atom stereocenters. The Morgan fingerprint density at radius 3 is 2.53 bits per heavy atom. The summed E-state index contributed by atoms with van der Waals surface area (Å²) in [7, 11) is 0. The summed E-state index contributed by atoms with van der Waals surface area (Å²) < 4.78 is 1.33. The molecule has 0 aromatic heterocycles. The molecule has 0 heterocycles. The van der Waals surface area contributed by atoms with Crippen molar-refractivity contribution in [2.75, 3.05) is 0 Å². The van der Waals surface area contributed by atoms with Crippen LogP contribution in [0.5, 0.6) is 0 Å². The Kier molecular flexibility index (Phi) is 5.29. The van der Waals surface area contributed by atoms with Crippen LogP contribution >= 0.6 is 23.7 Å². The highest BCUT2D eigenvalue weighted by Crippen LogP contribution is 2.36. The van der Waals surface area contributed by atoms with Crippen molar-refractivity contribution >= 4 is 23.7 Å². The fraction of sp³-hybridized carbons (Fsp3) is 0.333. The molecule has 1 rings (SSSR count). The minimum atomic E-state index is 1.09. The molecular formula is C12H18NS2+. The van der Waals surface area contributed by atoms with Crippen LogP contribution in [0.1, 0.15) is 25.8 Å². The van der Waals surface area contributed by atoms with E-state index in [9.17, 15) is 0 Å². The fourth-order valence-electron chi connectivity index (χ4n) is 1.15. The predicted molar refractivity (Wildman–Crippen MR) is 70.5 cm³/mol. The van der Waals surface area contributed by atoms with Crippen LogP contribution in [0.25, 0.3) is 0 Å². The van der Waals surface area contributed by atoms with E-state index in [-0.39, 0.29) is 0 Å². The molecule has 82 valence electrons. The van der Waals surface area contributed by atoms with Crippen LogP contribution in [-0.2, 0) is 0 Å². The van der Waals surface area contributed by atoms with Crippen LogP contribution in [0.2, 0.25) is 0 Å². The smallest absolute Gasteiger partial charge is 0.114 e. The molecule has 0 aliphatic rings. The number of hydrogen-bond donors (Lipinski definition) is 1. The quantitative estimate of drug-likeness (QED) is 0.643. The van der Waals surface area contributed by atoms with Crippen molar-refractivity contribution in [1.82, 2.24) is 0 Å². The van der Waals surface area contributed by atoms with Crippen LogP contribution < -0.4 is 5.14 Å². The van der Waals surface area contributed by atoms with Gasteiger partial charge in [-0.15, -0.1) is 0 Å². The number of benzene rings is 1. The Balaban J connectivity index is 2.90. The predicted octanol–water partition coefficient (Wildman–Crippen LogP) is 3.62. The molecule has 0 saturated carbocycles. The lowest BCUT2D eigenvalue weighted by Crippen LogP contribution is -2.36. The first-order valence-corrected chi connectivity index (χ1v) is 6.84. The highest BCUT2D eigenvalue weighted by molar-refractivity contribution is 8.19. The van der Waals surface area contributed by atoms with Gasteiger partial charge in [0.15, 0.2) is 0 Å². The summed E-state index contributed by atoms with van der Waals surface area (Å²) in [6, 6.07) is 8.48. The van der Waals surface area contributed by atoms with Gasteiger partial charge in [-0.2, -0.15) is 0 Å². The summed E-state index contributed by atoms with van der Waals surface area (Å²) in [6.07, 6.45) is 1.09. The third kappa shape index (κ3) is 3.59. The van der Waals surface area contributed by atoms with E-state index >= 15 is 0 Å². The van der Waals surface area contributed by atoms with Gasteiger partial charge in [-0.05, 0) is 37.5 Å². The second-order valence-electron chi connectivity index (χ2n) is 3.43. The van der Waals surface area contributed by atoms with E-state index in [0.29, 0.717) is 0 Å². The Bertz CT molecular complexity index is 358. The van der Waals surface area contributed by atoms with E-state index in [1.165, 1.54) is 20.3 Å². The number of rotatable bonds is 4. The molecule has 0 radical (unpaired) electrons. The van der Waals surface area contributed by atoms with Crippen molar-refractivity contribution in [3.8, 4) is 0 Å². The minimum absolute atomic E-state index is 1.09. The zero-order valence-corrected chi connectivity index (χ0v) is 11.2. The van der Waals surface area contributed by atoms with Gasteiger partial charge < -0.3 is 0 Å². The second kappa shape index (κ2) is 6.26. The molecule has 0 bridgehead atoms. The highest BCUT2D eigenvalue weighted by Gasteiger charge is 2.07. The number of hydrogen-bond acceptors (Lipinski definition) is 2. The van der Waals surface area contributed by atoms with Gasteiger partial charge in [0.25, 0.3) is 0 Å². The minimum Gasteiger partial charge on any atom is -0.291 e. The molecule has 0 spiro atoms. The van der Waals surface area contributed by atoms with Gasteiger partial charge >= 0.3 is 0 Å². The number of allylic oxidation sites excluding steroid dienone is 1. The number of quaternary nitrogens is 1. The van der Waals surface area contributed by atoms with Crippen molar-refractivity contribution in [2.45, 2.75) is 32.1 Å². The summed E-state index contributed by atoms with van der Waals surface area (Å²) in [5.41, 5.74) is 2.75. The Hall–Kier alpha value is -0.380. The summed E-state index contributed by atoms with van der Waals surface area (Å²) >= 11 is 3.43. The lowest BCUT2D eigenvalue weighted by Gasteiger charge is -2.07. The summed E-state index contributed by atoms with van der Waals surface area (Å²) in [4.78, 5) is 1.33. The lowest BCUT2D eigenvalue weighted by molar-refractivity contribution is -0.135. The molecule has 0 fully saturated rings. The zero-order valence-electron chi connectivity index (χ0n) is 9.54. The van der Waals surface area contributed by atoms with Crippen molar-refractivity contribution in [3.63, 3.8) is 0 Å². The molecular weight excluding hydrogens is 222 g/mol. The maximum absolute atomic E-state index is 3.92. The Morgan fingerprint density at radius 1 is 1.33 bits per heavy atom. The van der Waals surface area contributed by atoms with E-state index in [1.807, 2.05) is 11.8 Å². The maximum Gasteiger partial charge on any atom is 0.114 e. The van der Waals surface area contributed by atoms with Gasteiger partial charge in [-0.1, -0.05) is 36.9 Å². The molecule has 1 nitrogen and oxygen atoms in total. The van der Waals surface area contributed by atoms with Crippen LogP contribution in [0, 0.1) is 6.92 Å². The first-order valence-electron chi connectivity index (χ1n) is 5.04. The van der Waals surface area contributed by atoms with E-state index in [2.05, 4.69) is 50.2 Å². The number of thioether (sulfide) groups is 1. The fourth-order valence-corrected chi connectivity index (χ4v) is 2.94. The molecule has 0 saturated heterocycles. The van der Waals surface area contributed by atoms with Gasteiger partial charge in [0, 0.05) is 4.90 Å². The molecule has 0 aliphatic heterocycles. The Labute approximate surface area is 101 Å². The molecule has 3 N–H and O–H groups in total. The molecule has 3 heteroatoms. The van der Waals surface area contributed by atoms with Gasteiger partial charge in [0.2, 0.25) is 0 Å². The van der Waals surface area contributed by atoms with Crippen LogP contribution in [0.15, 0.2) is 39.0 Å². The van der Waals surface area contributed by atoms with Gasteiger partial charge in [-0.25, -0.2) is 0 Å². The SMILES string of the molecule is CCC(C)=C(S[NH3+])Sc1ccccc1C. The average Bonchev–Trinajstić information content (AvgIpc) is 2.27. The maximum atomic E-state index is 3.92. The van der Waals surface area contributed by atoms with Crippen LogP contribution in [0.4, 0.5) is 0 Å². The van der Waals surface area contributed by atoms with E-state index in [1.54, 1.807) is 11.9 Å². The third-order valence-corrected chi connectivity index (χ3v) is 4.73. The topological polar surface area (TPSA) is 27.6 Å². The first kappa shape index (κ1) is 12.7. The molecule has 0 aliphatic carbocycles. The van der Waals surface area contributed by atoms with Crippen molar-refractivity contribution in [2.24, 2.45) is 0 Å². The number of aryl methyl sites for hydroxylation is 1. The highest BCUT2D eigenvalue weighted by atomic mass is 32.2. The van der Waals surface area contributed by atoms with E-state index in [4.69, 9.17) is 0 Å². The summed E-state index contributed by atoms with van der Waals surface area (Å²) in [5.74, 6) is 0. The van der Waals surface area contributed by atoms with Gasteiger partial charge in [0.05, 0.1) is 0 Å². The van der Waals surface area contributed by atoms with Crippen molar-refractivity contribution in [1.29, 1.82) is 0 Å². The molecule has 0 unspecified atom stereocenters. The Morgan fingerprint density at radius 2 is 2.00 bits per heavy atom. The van der Waals surface area contributed by atoms with Gasteiger partial charge in [0.1, 0.15) is 16.2 Å². The zero-order chi connectivity index (χ0) is 11.3. The van der Waals surface area contributed by atoms with E-state index < -0.39 is 0 Å². The molecule has 1 aromatic rings. The molecule has 0 amide bonds. The van der Waals surface area contributed by atoms with Crippen molar-refractivity contribution in [3.05, 3.63) is 39.6 Å². The lowest BCUT2D eigenvalue weighted by atomic mass is 10.2.